The van der Waals surface area contributed by atoms with Gasteiger partial charge in [-0.1, -0.05) is 12.1 Å². The van der Waals surface area contributed by atoms with Gasteiger partial charge in [0.15, 0.2) is 34.2 Å². The van der Waals surface area contributed by atoms with Gasteiger partial charge in [-0.05, 0) is 35.4 Å². The molecule has 2 aromatic rings. The van der Waals surface area contributed by atoms with Crippen molar-refractivity contribution in [3.05, 3.63) is 47.5 Å². The number of methoxy groups -OCH3 is 2. The van der Waals surface area contributed by atoms with E-state index in [2.05, 4.69) is 0 Å². The Morgan fingerprint density at radius 1 is 0.786 bits per heavy atom. The van der Waals surface area contributed by atoms with Gasteiger partial charge in [0.05, 0.1) is 27.4 Å². The van der Waals surface area contributed by atoms with Crippen molar-refractivity contribution in [1.82, 2.24) is 0 Å². The third-order valence-corrected chi connectivity index (χ3v) is 5.57. The Labute approximate surface area is 161 Å². The summed E-state index contributed by atoms with van der Waals surface area (Å²) >= 11 is 0. The van der Waals surface area contributed by atoms with E-state index in [1.807, 2.05) is 0 Å². The summed E-state index contributed by atoms with van der Waals surface area (Å²) < 4.78 is 21.8. The van der Waals surface area contributed by atoms with Crippen molar-refractivity contribution in [2.45, 2.75) is 23.4 Å². The normalized spacial score (nSPS) is 31.6. The number of rotatable bonds is 4. The SMILES string of the molecule is COc1cc([C@@H]2OC[C@@]3(O)[C@H](c4ccc(O)c(OC)c4)OC[C@@]23O)ccc1O. The molecule has 0 spiro atoms. The lowest BCUT2D eigenvalue weighted by atomic mass is 9.77. The summed E-state index contributed by atoms with van der Waals surface area (Å²) in [6.45, 7) is -0.323. The third-order valence-electron chi connectivity index (χ3n) is 5.57. The Balaban J connectivity index is 1.70. The number of aromatic hydroxyl groups is 2. The molecule has 4 rings (SSSR count). The molecule has 0 aliphatic carbocycles. The van der Waals surface area contributed by atoms with Gasteiger partial charge < -0.3 is 39.4 Å². The van der Waals surface area contributed by atoms with Crippen LogP contribution in [0.25, 0.3) is 0 Å². The zero-order valence-electron chi connectivity index (χ0n) is 15.5. The first kappa shape index (κ1) is 18.8. The summed E-state index contributed by atoms with van der Waals surface area (Å²) in [4.78, 5) is 0. The monoisotopic (exact) mass is 390 g/mol. The van der Waals surface area contributed by atoms with Crippen molar-refractivity contribution in [2.24, 2.45) is 0 Å². The van der Waals surface area contributed by atoms with E-state index in [9.17, 15) is 20.4 Å². The predicted octanol–water partition coefficient (Wildman–Crippen LogP) is 1.42. The summed E-state index contributed by atoms with van der Waals surface area (Å²) in [5.74, 6) is 0.393. The molecule has 28 heavy (non-hydrogen) atoms. The van der Waals surface area contributed by atoms with Crippen molar-refractivity contribution in [3.63, 3.8) is 0 Å². The Morgan fingerprint density at radius 3 is 1.54 bits per heavy atom. The molecule has 2 fully saturated rings. The Kier molecular flexibility index (Phi) is 4.39. The van der Waals surface area contributed by atoms with Gasteiger partial charge in [-0.2, -0.15) is 0 Å². The van der Waals surface area contributed by atoms with Gasteiger partial charge in [0, 0.05) is 0 Å². The van der Waals surface area contributed by atoms with Gasteiger partial charge in [0.1, 0.15) is 12.2 Å². The second kappa shape index (κ2) is 6.52. The predicted molar refractivity (Wildman–Crippen MR) is 96.6 cm³/mol. The van der Waals surface area contributed by atoms with Crippen LogP contribution in [0.3, 0.4) is 0 Å². The molecule has 2 saturated heterocycles. The van der Waals surface area contributed by atoms with Crippen molar-refractivity contribution in [1.29, 1.82) is 0 Å². The van der Waals surface area contributed by atoms with Crippen LogP contribution < -0.4 is 9.47 Å². The van der Waals surface area contributed by atoms with Gasteiger partial charge in [-0.25, -0.2) is 0 Å². The molecule has 0 bridgehead atoms. The minimum atomic E-state index is -1.72. The highest BCUT2D eigenvalue weighted by atomic mass is 16.6. The fraction of sp³-hybridized carbons (Fsp3) is 0.400. The molecule has 4 N–H and O–H groups in total. The molecule has 150 valence electrons. The molecule has 0 saturated carbocycles. The smallest absolute Gasteiger partial charge is 0.160 e. The lowest BCUT2D eigenvalue weighted by molar-refractivity contribution is -0.113. The van der Waals surface area contributed by atoms with Crippen LogP contribution in [-0.4, -0.2) is 59.1 Å². The summed E-state index contributed by atoms with van der Waals surface area (Å²) in [7, 11) is 2.85. The molecule has 2 aromatic carbocycles. The zero-order chi connectivity index (χ0) is 20.1. The molecule has 0 amide bonds. The average molecular weight is 390 g/mol. The highest BCUT2D eigenvalue weighted by Gasteiger charge is 2.69. The number of ether oxygens (including phenoxy) is 4. The standard InChI is InChI=1S/C20H22O8/c1-25-15-7-11(3-5-13(15)21)17-19(23)9-28-18(20(19,24)10-27-17)12-4-6-14(22)16(8-12)26-2/h3-8,17-18,21-24H,9-10H2,1-2H3/t17-,18-,19+,20+/m0/s1. The molecule has 2 aliphatic rings. The van der Waals surface area contributed by atoms with Crippen LogP contribution in [-0.2, 0) is 9.47 Å². The van der Waals surface area contributed by atoms with Crippen LogP contribution in [0.15, 0.2) is 36.4 Å². The van der Waals surface area contributed by atoms with Crippen molar-refractivity contribution in [3.8, 4) is 23.0 Å². The van der Waals surface area contributed by atoms with Crippen LogP contribution in [0, 0.1) is 0 Å². The summed E-state index contributed by atoms with van der Waals surface area (Å²) in [5, 5.41) is 42.3. The second-order valence-corrected chi connectivity index (χ2v) is 7.09. The maximum absolute atomic E-state index is 11.4. The van der Waals surface area contributed by atoms with E-state index in [1.165, 1.54) is 26.4 Å². The fourth-order valence-electron chi connectivity index (χ4n) is 4.01. The number of hydrogen-bond donors (Lipinski definition) is 4. The fourth-order valence-corrected chi connectivity index (χ4v) is 4.01. The number of phenolic OH excluding ortho intramolecular Hbond substituents is 2. The van der Waals surface area contributed by atoms with Crippen molar-refractivity contribution in [2.75, 3.05) is 27.4 Å². The highest BCUT2D eigenvalue weighted by Crippen LogP contribution is 2.56. The third kappa shape index (κ3) is 2.53. The van der Waals surface area contributed by atoms with Crippen LogP contribution in [0.2, 0.25) is 0 Å². The topological polar surface area (TPSA) is 118 Å². The number of aliphatic hydroxyl groups is 2. The second-order valence-electron chi connectivity index (χ2n) is 7.09. The minimum Gasteiger partial charge on any atom is -0.504 e. The highest BCUT2D eigenvalue weighted by molar-refractivity contribution is 5.46. The van der Waals surface area contributed by atoms with E-state index < -0.39 is 23.4 Å². The van der Waals surface area contributed by atoms with Crippen LogP contribution in [0.1, 0.15) is 23.3 Å². The molecule has 8 heteroatoms. The van der Waals surface area contributed by atoms with Crippen LogP contribution >= 0.6 is 0 Å². The van der Waals surface area contributed by atoms with E-state index in [0.29, 0.717) is 11.1 Å². The van der Waals surface area contributed by atoms with Gasteiger partial charge in [-0.3, -0.25) is 0 Å². The summed E-state index contributed by atoms with van der Waals surface area (Å²) in [5.41, 5.74) is -2.35. The molecule has 2 heterocycles. The van der Waals surface area contributed by atoms with Crippen LogP contribution in [0.5, 0.6) is 23.0 Å². The summed E-state index contributed by atoms with van der Waals surface area (Å²) in [6, 6.07) is 9.19. The first-order valence-electron chi connectivity index (χ1n) is 8.76. The van der Waals surface area contributed by atoms with E-state index >= 15 is 0 Å². The number of fused-ring (bicyclic) bond motifs is 1. The summed E-state index contributed by atoms with van der Waals surface area (Å²) in [6.07, 6.45) is -1.76. The van der Waals surface area contributed by atoms with Gasteiger partial charge in [0.2, 0.25) is 0 Å². The lowest BCUT2D eigenvalue weighted by Gasteiger charge is -2.34. The molecule has 2 aliphatic heterocycles. The zero-order valence-corrected chi connectivity index (χ0v) is 15.5. The van der Waals surface area contributed by atoms with Crippen LogP contribution in [0.4, 0.5) is 0 Å². The Morgan fingerprint density at radius 2 is 1.18 bits per heavy atom. The van der Waals surface area contributed by atoms with Crippen molar-refractivity contribution < 1.29 is 39.4 Å². The Hall–Kier alpha value is -2.52. The van der Waals surface area contributed by atoms with E-state index in [-0.39, 0.29) is 36.2 Å². The molecule has 0 radical (unpaired) electrons. The first-order chi connectivity index (χ1) is 13.3. The molecule has 8 nitrogen and oxygen atoms in total. The van der Waals surface area contributed by atoms with Gasteiger partial charge >= 0.3 is 0 Å². The van der Waals surface area contributed by atoms with Gasteiger partial charge in [-0.15, -0.1) is 0 Å². The van der Waals surface area contributed by atoms with E-state index in [1.54, 1.807) is 24.3 Å². The largest absolute Gasteiger partial charge is 0.504 e. The first-order valence-corrected chi connectivity index (χ1v) is 8.76. The molecular formula is C20H22O8. The minimum absolute atomic E-state index is 0.0387. The molecule has 0 aromatic heterocycles. The van der Waals surface area contributed by atoms with Gasteiger partial charge in [0.25, 0.3) is 0 Å². The Bertz CT molecular complexity index is 826. The van der Waals surface area contributed by atoms with E-state index in [0.717, 1.165) is 0 Å². The molecule has 4 atom stereocenters. The number of hydrogen-bond acceptors (Lipinski definition) is 8. The van der Waals surface area contributed by atoms with Crippen molar-refractivity contribution >= 4 is 0 Å². The lowest BCUT2D eigenvalue weighted by Crippen LogP contribution is -2.54. The molecule has 0 unspecified atom stereocenters. The number of phenols is 2. The maximum atomic E-state index is 11.4. The average Bonchev–Trinajstić information content (AvgIpc) is 3.10. The molecular weight excluding hydrogens is 368 g/mol. The quantitative estimate of drug-likeness (QED) is 0.619. The number of benzene rings is 2. The maximum Gasteiger partial charge on any atom is 0.160 e. The van der Waals surface area contributed by atoms with E-state index in [4.69, 9.17) is 18.9 Å².